The van der Waals surface area contributed by atoms with Crippen LogP contribution in [0.3, 0.4) is 0 Å². The van der Waals surface area contributed by atoms with E-state index in [1.807, 2.05) is 6.92 Å². The quantitative estimate of drug-likeness (QED) is 0.630. The van der Waals surface area contributed by atoms with Crippen LogP contribution >= 0.6 is 0 Å². The lowest BCUT2D eigenvalue weighted by molar-refractivity contribution is -0.274. The highest BCUT2D eigenvalue weighted by Gasteiger charge is 2.31. The van der Waals surface area contributed by atoms with Gasteiger partial charge in [-0.1, -0.05) is 12.1 Å². The first-order valence-corrected chi connectivity index (χ1v) is 7.75. The van der Waals surface area contributed by atoms with E-state index in [0.717, 1.165) is 0 Å². The van der Waals surface area contributed by atoms with Crippen molar-refractivity contribution in [3.63, 3.8) is 0 Å². The number of hydrogen-bond donors (Lipinski definition) is 3. The van der Waals surface area contributed by atoms with Crippen molar-refractivity contribution in [2.24, 2.45) is 0 Å². The van der Waals surface area contributed by atoms with Crippen molar-refractivity contribution < 1.29 is 23.0 Å². The molecule has 136 valence electrons. The van der Waals surface area contributed by atoms with Gasteiger partial charge in [0.05, 0.1) is 5.69 Å². The Kier molecular flexibility index (Phi) is 6.40. The molecule has 1 heterocycles. The van der Waals surface area contributed by atoms with Crippen molar-refractivity contribution in [2.75, 3.05) is 30.3 Å². The van der Waals surface area contributed by atoms with Gasteiger partial charge in [0.1, 0.15) is 11.6 Å². The number of halogens is 3. The minimum atomic E-state index is -4.75. The number of hydrogen-bond acceptors (Lipinski definition) is 6. The van der Waals surface area contributed by atoms with Crippen LogP contribution in [0.5, 0.6) is 5.75 Å². The van der Waals surface area contributed by atoms with Gasteiger partial charge in [-0.25, -0.2) is 4.98 Å². The lowest BCUT2D eigenvalue weighted by atomic mass is 10.1. The number of nitrogens with one attached hydrogen (secondary N) is 2. The molecule has 0 atom stereocenters. The normalized spacial score (nSPS) is 11.2. The third-order valence-corrected chi connectivity index (χ3v) is 3.07. The lowest BCUT2D eigenvalue weighted by Crippen LogP contribution is -2.17. The second-order valence-corrected chi connectivity index (χ2v) is 5.07. The monoisotopic (exact) mass is 356 g/mol. The van der Waals surface area contributed by atoms with Crippen LogP contribution in [-0.2, 0) is 0 Å². The van der Waals surface area contributed by atoms with Gasteiger partial charge in [0.2, 0.25) is 5.95 Å². The van der Waals surface area contributed by atoms with E-state index in [1.165, 1.54) is 18.2 Å². The standard InChI is InChI=1S/C16H19F3N4O2/c1-2-20-14-10-13(22-15(23-14)21-7-4-8-24)11-5-3-6-12(9-11)25-16(17,18)19/h3,5-6,9-10,24H,2,4,7-8H2,1H3,(H2,20,21,22,23). The smallest absolute Gasteiger partial charge is 0.406 e. The van der Waals surface area contributed by atoms with Gasteiger partial charge in [0.15, 0.2) is 0 Å². The first kappa shape index (κ1) is 18.8. The second kappa shape index (κ2) is 8.52. The number of ether oxygens (including phenoxy) is 1. The third-order valence-electron chi connectivity index (χ3n) is 3.07. The zero-order valence-corrected chi connectivity index (χ0v) is 13.6. The number of benzene rings is 1. The summed E-state index contributed by atoms with van der Waals surface area (Å²) < 4.78 is 41.1. The van der Waals surface area contributed by atoms with E-state index in [1.54, 1.807) is 12.1 Å². The number of aromatic nitrogens is 2. The summed E-state index contributed by atoms with van der Waals surface area (Å²) in [5.74, 6) is 0.550. The Balaban J connectivity index is 2.31. The summed E-state index contributed by atoms with van der Waals surface area (Å²) in [5, 5.41) is 14.9. The highest BCUT2D eigenvalue weighted by atomic mass is 19.4. The van der Waals surface area contributed by atoms with Crippen LogP contribution in [0.2, 0.25) is 0 Å². The highest BCUT2D eigenvalue weighted by Crippen LogP contribution is 2.28. The van der Waals surface area contributed by atoms with Gasteiger partial charge >= 0.3 is 6.36 Å². The van der Waals surface area contributed by atoms with Crippen LogP contribution in [0.25, 0.3) is 11.3 Å². The van der Waals surface area contributed by atoms with E-state index in [4.69, 9.17) is 5.11 Å². The number of nitrogens with zero attached hydrogens (tertiary/aromatic N) is 2. The Morgan fingerprint density at radius 1 is 1.16 bits per heavy atom. The van der Waals surface area contributed by atoms with Gasteiger partial charge in [-0.05, 0) is 25.5 Å². The Morgan fingerprint density at radius 3 is 2.64 bits per heavy atom. The summed E-state index contributed by atoms with van der Waals surface area (Å²) in [6, 6.07) is 7.24. The molecule has 0 saturated heterocycles. The Bertz CT molecular complexity index is 695. The van der Waals surface area contributed by atoms with Gasteiger partial charge in [-0.3, -0.25) is 0 Å². The van der Waals surface area contributed by atoms with Crippen molar-refractivity contribution in [3.05, 3.63) is 30.3 Å². The summed E-state index contributed by atoms with van der Waals surface area (Å²) >= 11 is 0. The summed E-state index contributed by atoms with van der Waals surface area (Å²) in [7, 11) is 0. The maximum atomic E-state index is 12.4. The first-order chi connectivity index (χ1) is 11.9. The molecule has 2 rings (SSSR count). The summed E-state index contributed by atoms with van der Waals surface area (Å²) in [4.78, 5) is 8.59. The summed E-state index contributed by atoms with van der Waals surface area (Å²) in [6.45, 7) is 3.04. The average Bonchev–Trinajstić information content (AvgIpc) is 2.54. The van der Waals surface area contributed by atoms with Crippen LogP contribution in [0.4, 0.5) is 24.9 Å². The van der Waals surface area contributed by atoms with Gasteiger partial charge < -0.3 is 20.5 Å². The van der Waals surface area contributed by atoms with Crippen molar-refractivity contribution >= 4 is 11.8 Å². The van der Waals surface area contributed by atoms with Crippen LogP contribution in [0, 0.1) is 0 Å². The maximum absolute atomic E-state index is 12.4. The predicted octanol–water partition coefficient (Wildman–Crippen LogP) is 3.27. The van der Waals surface area contributed by atoms with Crippen LogP contribution < -0.4 is 15.4 Å². The molecule has 3 N–H and O–H groups in total. The highest BCUT2D eigenvalue weighted by molar-refractivity contribution is 5.65. The topological polar surface area (TPSA) is 79.3 Å². The van der Waals surface area contributed by atoms with Crippen molar-refractivity contribution in [2.45, 2.75) is 19.7 Å². The van der Waals surface area contributed by atoms with E-state index in [2.05, 4.69) is 25.3 Å². The minimum absolute atomic E-state index is 0.0313. The molecule has 2 aromatic rings. The second-order valence-electron chi connectivity index (χ2n) is 5.07. The Morgan fingerprint density at radius 2 is 1.96 bits per heavy atom. The molecule has 0 fully saturated rings. The molecule has 0 saturated carbocycles. The SMILES string of the molecule is CCNc1cc(-c2cccc(OC(F)(F)F)c2)nc(NCCCO)n1. The molecule has 25 heavy (non-hydrogen) atoms. The number of alkyl halides is 3. The molecule has 0 spiro atoms. The van der Waals surface area contributed by atoms with E-state index >= 15 is 0 Å². The van der Waals surface area contributed by atoms with Crippen LogP contribution in [0.15, 0.2) is 30.3 Å². The number of anilines is 2. The number of aliphatic hydroxyl groups is 1. The molecule has 0 amide bonds. The molecule has 0 bridgehead atoms. The third kappa shape index (κ3) is 6.11. The molecular weight excluding hydrogens is 337 g/mol. The first-order valence-electron chi connectivity index (χ1n) is 7.75. The Labute approximate surface area is 143 Å². The fourth-order valence-corrected chi connectivity index (χ4v) is 2.08. The van der Waals surface area contributed by atoms with Crippen LogP contribution in [-0.4, -0.2) is 41.1 Å². The van der Waals surface area contributed by atoms with Crippen molar-refractivity contribution in [1.29, 1.82) is 0 Å². The number of rotatable bonds is 8. The van der Waals surface area contributed by atoms with Gasteiger partial charge in [0, 0.05) is 31.3 Å². The molecule has 0 aliphatic rings. The molecule has 1 aromatic heterocycles. The van der Waals surface area contributed by atoms with Gasteiger partial charge in [0.25, 0.3) is 0 Å². The molecule has 0 unspecified atom stereocenters. The van der Waals surface area contributed by atoms with Crippen molar-refractivity contribution in [3.8, 4) is 17.0 Å². The molecule has 0 aliphatic carbocycles. The predicted molar refractivity (Wildman–Crippen MR) is 88.5 cm³/mol. The van der Waals surface area contributed by atoms with Gasteiger partial charge in [-0.15, -0.1) is 13.2 Å². The molecule has 6 nitrogen and oxygen atoms in total. The average molecular weight is 356 g/mol. The summed E-state index contributed by atoms with van der Waals surface area (Å²) in [5.41, 5.74) is 0.915. The molecule has 0 radical (unpaired) electrons. The van der Waals surface area contributed by atoms with E-state index < -0.39 is 6.36 Å². The molecule has 0 aliphatic heterocycles. The summed E-state index contributed by atoms with van der Waals surface area (Å²) in [6.07, 6.45) is -4.23. The maximum Gasteiger partial charge on any atom is 0.573 e. The molecule has 9 heteroatoms. The minimum Gasteiger partial charge on any atom is -0.406 e. The van der Waals surface area contributed by atoms with E-state index in [9.17, 15) is 13.2 Å². The van der Waals surface area contributed by atoms with E-state index in [-0.39, 0.29) is 12.4 Å². The molecule has 1 aromatic carbocycles. The molecular formula is C16H19F3N4O2. The van der Waals surface area contributed by atoms with Crippen molar-refractivity contribution in [1.82, 2.24) is 9.97 Å². The zero-order valence-electron chi connectivity index (χ0n) is 13.6. The van der Waals surface area contributed by atoms with E-state index in [0.29, 0.717) is 42.5 Å². The lowest BCUT2D eigenvalue weighted by Gasteiger charge is -2.12. The Hall–Kier alpha value is -2.55. The largest absolute Gasteiger partial charge is 0.573 e. The fraction of sp³-hybridized carbons (Fsp3) is 0.375. The van der Waals surface area contributed by atoms with Gasteiger partial charge in [-0.2, -0.15) is 4.98 Å². The zero-order chi connectivity index (χ0) is 18.3. The number of aliphatic hydroxyl groups excluding tert-OH is 1. The fourth-order valence-electron chi connectivity index (χ4n) is 2.08. The van der Waals surface area contributed by atoms with Crippen LogP contribution in [0.1, 0.15) is 13.3 Å².